The molecular weight excluding hydrogens is 426 g/mol. The van der Waals surface area contributed by atoms with Crippen LogP contribution < -0.4 is 10.6 Å². The molecule has 2 N–H and O–H groups in total. The highest BCUT2D eigenvalue weighted by molar-refractivity contribution is 7.89. The summed E-state index contributed by atoms with van der Waals surface area (Å²) in [5.41, 5.74) is 0.551. The van der Waals surface area contributed by atoms with Crippen molar-refractivity contribution in [1.29, 1.82) is 0 Å². The molecule has 0 spiro atoms. The van der Waals surface area contributed by atoms with Crippen LogP contribution in [0.2, 0.25) is 0 Å². The van der Waals surface area contributed by atoms with E-state index in [2.05, 4.69) is 23.8 Å². The van der Waals surface area contributed by atoms with Crippen molar-refractivity contribution in [2.45, 2.75) is 4.90 Å². The molecule has 0 bridgehead atoms. The fourth-order valence-electron chi connectivity index (χ4n) is 2.28. The number of sulfonamides is 1. The Morgan fingerprint density at radius 3 is 2.34 bits per heavy atom. The molecule has 0 saturated heterocycles. The summed E-state index contributed by atoms with van der Waals surface area (Å²) < 4.78 is 26.6. The summed E-state index contributed by atoms with van der Waals surface area (Å²) in [5.74, 6) is -0.361. The molecule has 0 radical (unpaired) electrons. The molecule has 2 rings (SSSR count). The van der Waals surface area contributed by atoms with Crippen molar-refractivity contribution in [2.75, 3.05) is 18.4 Å². The number of carbonyl (C=O) groups excluding carboxylic acids is 1. The average Bonchev–Trinajstić information content (AvgIpc) is 3.20. The van der Waals surface area contributed by atoms with Gasteiger partial charge in [-0.15, -0.1) is 24.5 Å². The third-order valence-electron chi connectivity index (χ3n) is 3.59. The smallest absolute Gasteiger partial charge is 0.250 e. The second-order valence-corrected chi connectivity index (χ2v) is 9.04. The molecule has 1 amide bonds. The molecule has 9 heteroatoms. The first-order chi connectivity index (χ1) is 13.9. The standard InChI is InChI=1S/C20H21N3O3S3/c1-3-13-23(14-4-2)29(25,26)18-10-7-16(8-11-18)21-20(27)22-19(24)12-9-17-6-5-15-28-17/h3-12,15H,1-2,13-14H2,(H2,21,22,24,27)/b12-9+. The van der Waals surface area contributed by atoms with Gasteiger partial charge < -0.3 is 5.32 Å². The van der Waals surface area contributed by atoms with Crippen molar-refractivity contribution in [3.05, 3.63) is 78.0 Å². The molecule has 0 saturated carbocycles. The van der Waals surface area contributed by atoms with Crippen LogP contribution in [0.5, 0.6) is 0 Å². The normalized spacial score (nSPS) is 11.3. The third kappa shape index (κ3) is 6.75. The van der Waals surface area contributed by atoms with Crippen LogP contribution >= 0.6 is 23.6 Å². The van der Waals surface area contributed by atoms with E-state index in [4.69, 9.17) is 12.2 Å². The van der Waals surface area contributed by atoms with E-state index < -0.39 is 10.0 Å². The molecule has 0 aliphatic rings. The fourth-order valence-corrected chi connectivity index (χ4v) is 4.50. The van der Waals surface area contributed by atoms with E-state index in [1.807, 2.05) is 17.5 Å². The van der Waals surface area contributed by atoms with Gasteiger partial charge in [-0.1, -0.05) is 18.2 Å². The molecule has 1 aromatic heterocycles. The lowest BCUT2D eigenvalue weighted by atomic mass is 10.3. The van der Waals surface area contributed by atoms with Crippen molar-refractivity contribution in [2.24, 2.45) is 0 Å². The van der Waals surface area contributed by atoms with Gasteiger partial charge in [-0.2, -0.15) is 4.31 Å². The maximum atomic E-state index is 12.7. The first-order valence-corrected chi connectivity index (χ1v) is 11.2. The fraction of sp³-hybridized carbons (Fsp3) is 0.100. The van der Waals surface area contributed by atoms with Crippen molar-refractivity contribution in [3.63, 3.8) is 0 Å². The molecule has 0 atom stereocenters. The molecule has 0 unspecified atom stereocenters. The SMILES string of the molecule is C=CCN(CC=C)S(=O)(=O)c1ccc(NC(=S)NC(=O)/C=C/c2cccs2)cc1. The Morgan fingerprint density at radius 1 is 1.14 bits per heavy atom. The Bertz CT molecular complexity index is 985. The molecule has 1 aromatic carbocycles. The van der Waals surface area contributed by atoms with E-state index in [1.54, 1.807) is 18.2 Å². The monoisotopic (exact) mass is 447 g/mol. The van der Waals surface area contributed by atoms with Gasteiger partial charge in [0.25, 0.3) is 0 Å². The molecular formula is C20H21N3O3S3. The summed E-state index contributed by atoms with van der Waals surface area (Å²) in [7, 11) is -3.67. The molecule has 0 aliphatic carbocycles. The predicted octanol–water partition coefficient (Wildman–Crippen LogP) is 3.64. The van der Waals surface area contributed by atoms with Crippen LogP contribution in [0, 0.1) is 0 Å². The average molecular weight is 448 g/mol. The van der Waals surface area contributed by atoms with Crippen LogP contribution in [0.3, 0.4) is 0 Å². The summed E-state index contributed by atoms with van der Waals surface area (Å²) >= 11 is 6.64. The number of carbonyl (C=O) groups is 1. The number of benzene rings is 1. The van der Waals surface area contributed by atoms with Crippen molar-refractivity contribution in [1.82, 2.24) is 9.62 Å². The number of hydrogen-bond acceptors (Lipinski definition) is 5. The van der Waals surface area contributed by atoms with Crippen LogP contribution in [0.15, 0.2) is 78.1 Å². The Balaban J connectivity index is 1.98. The van der Waals surface area contributed by atoms with Gasteiger partial charge in [-0.3, -0.25) is 10.1 Å². The largest absolute Gasteiger partial charge is 0.332 e. The number of thiophene rings is 1. The number of anilines is 1. The lowest BCUT2D eigenvalue weighted by molar-refractivity contribution is -0.115. The highest BCUT2D eigenvalue weighted by Crippen LogP contribution is 2.18. The second-order valence-electron chi connectivity index (χ2n) is 5.72. The topological polar surface area (TPSA) is 78.5 Å². The van der Waals surface area contributed by atoms with Gasteiger partial charge in [0.15, 0.2) is 5.11 Å². The lowest BCUT2D eigenvalue weighted by Crippen LogP contribution is -2.33. The quantitative estimate of drug-likeness (QED) is 0.349. The molecule has 1 heterocycles. The maximum Gasteiger partial charge on any atom is 0.250 e. The van der Waals surface area contributed by atoms with E-state index in [1.165, 1.54) is 46.0 Å². The van der Waals surface area contributed by atoms with E-state index in [0.717, 1.165) is 4.88 Å². The first-order valence-electron chi connectivity index (χ1n) is 8.52. The van der Waals surface area contributed by atoms with Crippen LogP contribution in [0.1, 0.15) is 4.88 Å². The number of hydrogen-bond donors (Lipinski definition) is 2. The zero-order valence-corrected chi connectivity index (χ0v) is 18.0. The van der Waals surface area contributed by atoms with Crippen LogP contribution in [0.4, 0.5) is 5.69 Å². The van der Waals surface area contributed by atoms with Crippen LogP contribution in [-0.4, -0.2) is 36.8 Å². The van der Waals surface area contributed by atoms with E-state index in [-0.39, 0.29) is 29.0 Å². The second kappa shape index (κ2) is 10.8. The maximum absolute atomic E-state index is 12.7. The third-order valence-corrected chi connectivity index (χ3v) is 6.48. The van der Waals surface area contributed by atoms with Gasteiger partial charge in [0, 0.05) is 29.7 Å². The number of nitrogens with one attached hydrogen (secondary N) is 2. The van der Waals surface area contributed by atoms with Gasteiger partial charge in [-0.05, 0) is 54.0 Å². The van der Waals surface area contributed by atoms with E-state index in [0.29, 0.717) is 5.69 Å². The number of rotatable bonds is 9. The van der Waals surface area contributed by atoms with Crippen molar-refractivity contribution >= 4 is 56.4 Å². The molecule has 2 aromatic rings. The van der Waals surface area contributed by atoms with Crippen molar-refractivity contribution in [3.8, 4) is 0 Å². The van der Waals surface area contributed by atoms with Crippen LogP contribution in [0.25, 0.3) is 6.08 Å². The minimum atomic E-state index is -3.67. The number of thiocarbonyl (C=S) groups is 1. The number of nitrogens with zero attached hydrogens (tertiary/aromatic N) is 1. The summed E-state index contributed by atoms with van der Waals surface area (Å²) in [6, 6.07) is 9.88. The number of amides is 1. The molecule has 152 valence electrons. The van der Waals surface area contributed by atoms with Crippen LogP contribution in [-0.2, 0) is 14.8 Å². The van der Waals surface area contributed by atoms with Gasteiger partial charge in [-0.25, -0.2) is 8.42 Å². The Morgan fingerprint density at radius 2 is 1.79 bits per heavy atom. The molecule has 6 nitrogen and oxygen atoms in total. The minimum absolute atomic E-state index is 0.112. The Hall–Kier alpha value is -2.59. The van der Waals surface area contributed by atoms with Gasteiger partial charge >= 0.3 is 0 Å². The highest BCUT2D eigenvalue weighted by Gasteiger charge is 2.22. The van der Waals surface area contributed by atoms with E-state index in [9.17, 15) is 13.2 Å². The molecule has 0 fully saturated rings. The zero-order chi connectivity index (χ0) is 21.3. The minimum Gasteiger partial charge on any atom is -0.332 e. The van der Waals surface area contributed by atoms with E-state index >= 15 is 0 Å². The molecule has 29 heavy (non-hydrogen) atoms. The first kappa shape index (κ1) is 22.7. The Kier molecular flexibility index (Phi) is 8.47. The lowest BCUT2D eigenvalue weighted by Gasteiger charge is -2.19. The highest BCUT2D eigenvalue weighted by atomic mass is 32.2. The summed E-state index contributed by atoms with van der Waals surface area (Å²) in [6.07, 6.45) is 6.12. The van der Waals surface area contributed by atoms with Gasteiger partial charge in [0.05, 0.1) is 4.90 Å². The summed E-state index contributed by atoms with van der Waals surface area (Å²) in [6.45, 7) is 7.54. The van der Waals surface area contributed by atoms with Gasteiger partial charge in [0.1, 0.15) is 0 Å². The zero-order valence-electron chi connectivity index (χ0n) is 15.6. The van der Waals surface area contributed by atoms with Gasteiger partial charge in [0.2, 0.25) is 15.9 Å². The Labute approximate surface area is 180 Å². The summed E-state index contributed by atoms with van der Waals surface area (Å²) in [4.78, 5) is 13.0. The van der Waals surface area contributed by atoms with Crippen molar-refractivity contribution < 1.29 is 13.2 Å². The molecule has 0 aliphatic heterocycles. The predicted molar refractivity (Wildman–Crippen MR) is 123 cm³/mol. The summed E-state index contributed by atoms with van der Waals surface area (Å²) in [5, 5.41) is 7.42.